The first kappa shape index (κ1) is 17.4. The van der Waals surface area contributed by atoms with E-state index < -0.39 is 0 Å². The number of nitrogens with one attached hydrogen (secondary N) is 1. The first-order chi connectivity index (χ1) is 12.6. The Labute approximate surface area is 154 Å². The maximum atomic E-state index is 13.0. The van der Waals surface area contributed by atoms with Crippen LogP contribution in [0.4, 0.5) is 0 Å². The topological polar surface area (TPSA) is 60.5 Å². The van der Waals surface area contributed by atoms with E-state index in [9.17, 15) is 4.79 Å². The summed E-state index contributed by atoms with van der Waals surface area (Å²) in [5.74, 6) is 0.459. The van der Waals surface area contributed by atoms with Gasteiger partial charge < -0.3 is 14.8 Å². The Hall–Kier alpha value is -1.98. The molecule has 0 radical (unpaired) electrons. The van der Waals surface area contributed by atoms with Gasteiger partial charge in [0.15, 0.2) is 0 Å². The van der Waals surface area contributed by atoms with Crippen molar-refractivity contribution < 1.29 is 14.3 Å². The molecule has 0 atom stereocenters. The molecule has 0 unspecified atom stereocenters. The maximum absolute atomic E-state index is 13.0. The van der Waals surface area contributed by atoms with Crippen molar-refractivity contribution >= 4 is 16.8 Å². The van der Waals surface area contributed by atoms with Crippen LogP contribution in [0.3, 0.4) is 0 Å². The lowest BCUT2D eigenvalue weighted by molar-refractivity contribution is -0.0864. The van der Waals surface area contributed by atoms with Crippen LogP contribution in [-0.2, 0) is 9.47 Å². The first-order valence-electron chi connectivity index (χ1n) is 9.43. The molecule has 1 aromatic heterocycles. The summed E-state index contributed by atoms with van der Waals surface area (Å²) in [5, 5.41) is 4.03. The van der Waals surface area contributed by atoms with Crippen molar-refractivity contribution in [3.8, 4) is 0 Å². The molecule has 2 fully saturated rings. The van der Waals surface area contributed by atoms with Crippen LogP contribution in [0.2, 0.25) is 0 Å². The van der Waals surface area contributed by atoms with E-state index in [1.807, 2.05) is 19.1 Å². The second kappa shape index (κ2) is 6.97. The second-order valence-corrected chi connectivity index (χ2v) is 7.57. The molecule has 0 spiro atoms. The highest BCUT2D eigenvalue weighted by Crippen LogP contribution is 2.40. The zero-order valence-electron chi connectivity index (χ0n) is 15.5. The van der Waals surface area contributed by atoms with E-state index in [2.05, 4.69) is 17.4 Å². The SMILES string of the molecule is COC1(CNC(=O)c2cc(C3CC3)nc3ccc(C)cc23)CCOCC1. The largest absolute Gasteiger partial charge is 0.381 e. The van der Waals surface area contributed by atoms with Gasteiger partial charge in [0.2, 0.25) is 0 Å². The van der Waals surface area contributed by atoms with Crippen molar-refractivity contribution in [1.29, 1.82) is 0 Å². The number of hydrogen-bond acceptors (Lipinski definition) is 4. The number of hydrogen-bond donors (Lipinski definition) is 1. The molecule has 5 heteroatoms. The summed E-state index contributed by atoms with van der Waals surface area (Å²) < 4.78 is 11.2. The average molecular weight is 354 g/mol. The molecule has 1 saturated heterocycles. The molecule has 1 aliphatic carbocycles. The zero-order valence-corrected chi connectivity index (χ0v) is 15.5. The van der Waals surface area contributed by atoms with E-state index in [4.69, 9.17) is 14.5 Å². The Morgan fingerprint density at radius 3 is 2.77 bits per heavy atom. The van der Waals surface area contributed by atoms with Gasteiger partial charge in [-0.25, -0.2) is 0 Å². The first-order valence-corrected chi connectivity index (χ1v) is 9.43. The summed E-state index contributed by atoms with van der Waals surface area (Å²) in [5.41, 5.74) is 3.47. The van der Waals surface area contributed by atoms with Crippen LogP contribution in [0.1, 0.15) is 53.2 Å². The van der Waals surface area contributed by atoms with Crippen molar-refractivity contribution in [3.05, 3.63) is 41.1 Å². The normalized spacial score (nSPS) is 19.5. The molecule has 0 bridgehead atoms. The number of fused-ring (bicyclic) bond motifs is 1. The summed E-state index contributed by atoms with van der Waals surface area (Å²) in [7, 11) is 1.72. The van der Waals surface area contributed by atoms with E-state index in [0.29, 0.717) is 25.7 Å². The molecule has 4 rings (SSSR count). The number of pyridine rings is 1. The smallest absolute Gasteiger partial charge is 0.252 e. The van der Waals surface area contributed by atoms with Gasteiger partial charge in [-0.15, -0.1) is 0 Å². The van der Waals surface area contributed by atoms with Gasteiger partial charge in [0.05, 0.1) is 16.7 Å². The van der Waals surface area contributed by atoms with Gasteiger partial charge >= 0.3 is 0 Å². The van der Waals surface area contributed by atoms with Crippen LogP contribution >= 0.6 is 0 Å². The van der Waals surface area contributed by atoms with Gasteiger partial charge in [-0.2, -0.15) is 0 Å². The van der Waals surface area contributed by atoms with E-state index in [1.54, 1.807) is 7.11 Å². The summed E-state index contributed by atoms with van der Waals surface area (Å²) in [6.07, 6.45) is 3.93. The number of ether oxygens (including phenoxy) is 2. The van der Waals surface area contributed by atoms with Crippen LogP contribution in [0.15, 0.2) is 24.3 Å². The highest BCUT2D eigenvalue weighted by molar-refractivity contribution is 6.06. The third-order valence-electron chi connectivity index (χ3n) is 5.63. The van der Waals surface area contributed by atoms with Gasteiger partial charge in [0.1, 0.15) is 0 Å². The van der Waals surface area contributed by atoms with Crippen LogP contribution in [0, 0.1) is 6.92 Å². The van der Waals surface area contributed by atoms with E-state index in [1.165, 1.54) is 0 Å². The van der Waals surface area contributed by atoms with Crippen LogP contribution in [-0.4, -0.2) is 43.4 Å². The summed E-state index contributed by atoms with van der Waals surface area (Å²) in [6.45, 7) is 3.89. The molecule has 1 amide bonds. The molecule has 1 saturated carbocycles. The lowest BCUT2D eigenvalue weighted by Crippen LogP contribution is -2.48. The minimum atomic E-state index is -0.327. The van der Waals surface area contributed by atoms with Gasteiger partial charge in [-0.1, -0.05) is 11.6 Å². The average Bonchev–Trinajstić information content (AvgIpc) is 3.51. The number of aryl methyl sites for hydroxylation is 1. The van der Waals surface area contributed by atoms with Gasteiger partial charge in [-0.05, 0) is 38.0 Å². The monoisotopic (exact) mass is 354 g/mol. The summed E-state index contributed by atoms with van der Waals surface area (Å²) in [4.78, 5) is 17.8. The molecule has 5 nitrogen and oxygen atoms in total. The highest BCUT2D eigenvalue weighted by Gasteiger charge is 2.33. The predicted octanol–water partition coefficient (Wildman–Crippen LogP) is 3.35. The lowest BCUT2D eigenvalue weighted by Gasteiger charge is -2.36. The van der Waals surface area contributed by atoms with Crippen LogP contribution in [0.5, 0.6) is 0 Å². The molecule has 2 aliphatic rings. The molecule has 1 aliphatic heterocycles. The molecule has 2 heterocycles. The predicted molar refractivity (Wildman–Crippen MR) is 101 cm³/mol. The number of carbonyl (C=O) groups excluding carboxylic acids is 1. The van der Waals surface area contributed by atoms with E-state index in [0.717, 1.165) is 53.4 Å². The summed E-state index contributed by atoms with van der Waals surface area (Å²) in [6, 6.07) is 8.10. The Kier molecular flexibility index (Phi) is 4.67. The lowest BCUT2D eigenvalue weighted by atomic mass is 9.93. The minimum absolute atomic E-state index is 0.0483. The number of carbonyl (C=O) groups is 1. The van der Waals surface area contributed by atoms with Crippen molar-refractivity contribution in [2.45, 2.75) is 44.1 Å². The number of rotatable bonds is 5. The quantitative estimate of drug-likeness (QED) is 0.894. The Balaban J connectivity index is 1.62. The molecule has 2 aromatic rings. The fourth-order valence-electron chi connectivity index (χ4n) is 3.67. The van der Waals surface area contributed by atoms with E-state index >= 15 is 0 Å². The third kappa shape index (κ3) is 3.46. The van der Waals surface area contributed by atoms with Crippen molar-refractivity contribution in [2.75, 3.05) is 26.9 Å². The van der Waals surface area contributed by atoms with Crippen LogP contribution < -0.4 is 5.32 Å². The van der Waals surface area contributed by atoms with Gasteiger partial charge in [0, 0.05) is 56.7 Å². The molecule has 1 aromatic carbocycles. The van der Waals surface area contributed by atoms with Crippen molar-refractivity contribution in [2.24, 2.45) is 0 Å². The van der Waals surface area contributed by atoms with Gasteiger partial charge in [-0.3, -0.25) is 9.78 Å². The molecule has 26 heavy (non-hydrogen) atoms. The molecular formula is C21H26N2O3. The Morgan fingerprint density at radius 1 is 1.31 bits per heavy atom. The number of aromatic nitrogens is 1. The number of benzene rings is 1. The fraction of sp³-hybridized carbons (Fsp3) is 0.524. The molecule has 138 valence electrons. The number of methoxy groups -OCH3 is 1. The standard InChI is InChI=1S/C21H26N2O3/c1-14-3-6-18-16(11-14)17(12-19(23-18)15-4-5-15)20(24)22-13-21(25-2)7-9-26-10-8-21/h3,6,11-12,15H,4-5,7-10,13H2,1-2H3,(H,22,24). The third-order valence-corrected chi connectivity index (χ3v) is 5.63. The Morgan fingerprint density at radius 2 is 2.08 bits per heavy atom. The summed E-state index contributed by atoms with van der Waals surface area (Å²) >= 11 is 0. The zero-order chi connectivity index (χ0) is 18.1. The number of amides is 1. The van der Waals surface area contributed by atoms with Crippen LogP contribution in [0.25, 0.3) is 10.9 Å². The molecule has 1 N–H and O–H groups in total. The van der Waals surface area contributed by atoms with E-state index in [-0.39, 0.29) is 11.5 Å². The molecular weight excluding hydrogens is 328 g/mol. The van der Waals surface area contributed by atoms with Gasteiger partial charge in [0.25, 0.3) is 5.91 Å². The Bertz CT molecular complexity index is 823. The minimum Gasteiger partial charge on any atom is -0.381 e. The van der Waals surface area contributed by atoms with Crippen molar-refractivity contribution in [3.63, 3.8) is 0 Å². The number of nitrogens with zero attached hydrogens (tertiary/aromatic N) is 1. The fourth-order valence-corrected chi connectivity index (χ4v) is 3.67. The highest BCUT2D eigenvalue weighted by atomic mass is 16.5. The second-order valence-electron chi connectivity index (χ2n) is 7.57. The van der Waals surface area contributed by atoms with Crippen molar-refractivity contribution in [1.82, 2.24) is 10.3 Å². The maximum Gasteiger partial charge on any atom is 0.252 e.